The fourth-order valence-electron chi connectivity index (χ4n) is 2.31. The molecule has 5 nitrogen and oxygen atoms in total. The molecule has 128 valence electrons. The van der Waals surface area contributed by atoms with Gasteiger partial charge in [-0.25, -0.2) is 4.79 Å². The second-order valence-electron chi connectivity index (χ2n) is 6.22. The molecular formula is C18H22ClN3O2. The summed E-state index contributed by atoms with van der Waals surface area (Å²) in [6, 6.07) is 10.6. The van der Waals surface area contributed by atoms with Crippen molar-refractivity contribution in [2.45, 2.75) is 25.4 Å². The molecular weight excluding hydrogens is 326 g/mol. The molecule has 0 aliphatic heterocycles. The number of aliphatic hydroxyl groups is 1. The van der Waals surface area contributed by atoms with E-state index in [4.69, 9.17) is 11.6 Å². The maximum atomic E-state index is 12.0. The summed E-state index contributed by atoms with van der Waals surface area (Å²) in [7, 11) is 0. The van der Waals surface area contributed by atoms with Gasteiger partial charge in [-0.2, -0.15) is 0 Å². The molecule has 6 heteroatoms. The highest BCUT2D eigenvalue weighted by Crippen LogP contribution is 2.22. The molecule has 1 aromatic carbocycles. The number of rotatable bonds is 6. The highest BCUT2D eigenvalue weighted by molar-refractivity contribution is 6.31. The summed E-state index contributed by atoms with van der Waals surface area (Å²) in [5.74, 6) is 0. The van der Waals surface area contributed by atoms with Crippen LogP contribution in [0.5, 0.6) is 0 Å². The van der Waals surface area contributed by atoms with Crippen molar-refractivity contribution >= 4 is 17.6 Å². The maximum absolute atomic E-state index is 12.0. The molecule has 2 aromatic rings. The van der Waals surface area contributed by atoms with Crippen LogP contribution in [0.2, 0.25) is 5.02 Å². The third kappa shape index (κ3) is 4.94. The fraction of sp³-hybridized carbons (Fsp3) is 0.333. The van der Waals surface area contributed by atoms with Gasteiger partial charge < -0.3 is 15.7 Å². The molecule has 0 saturated heterocycles. The Balaban J connectivity index is 1.82. The number of nitrogens with zero attached hydrogens (tertiary/aromatic N) is 1. The van der Waals surface area contributed by atoms with Gasteiger partial charge in [-0.3, -0.25) is 4.98 Å². The second kappa shape index (κ2) is 8.13. The Bertz CT molecular complexity index is 677. The van der Waals surface area contributed by atoms with Gasteiger partial charge >= 0.3 is 6.03 Å². The van der Waals surface area contributed by atoms with Gasteiger partial charge in [-0.15, -0.1) is 0 Å². The quantitative estimate of drug-likeness (QED) is 0.751. The fourth-order valence-corrected chi connectivity index (χ4v) is 2.58. The minimum Gasteiger partial charge on any atom is -0.387 e. The highest BCUT2D eigenvalue weighted by atomic mass is 35.5. The summed E-state index contributed by atoms with van der Waals surface area (Å²) in [4.78, 5) is 16.0. The molecule has 0 saturated carbocycles. The Hall–Kier alpha value is -2.11. The molecule has 2 rings (SSSR count). The van der Waals surface area contributed by atoms with Gasteiger partial charge in [-0.05, 0) is 23.8 Å². The first kappa shape index (κ1) is 18.2. The van der Waals surface area contributed by atoms with Gasteiger partial charge in [0.25, 0.3) is 0 Å². The number of hydrogen-bond acceptors (Lipinski definition) is 3. The van der Waals surface area contributed by atoms with Crippen LogP contribution in [0.4, 0.5) is 4.79 Å². The molecule has 2 amide bonds. The van der Waals surface area contributed by atoms with Crippen molar-refractivity contribution in [3.63, 3.8) is 0 Å². The molecule has 1 heterocycles. The summed E-state index contributed by atoms with van der Waals surface area (Å²) in [6.07, 6.45) is 2.62. The van der Waals surface area contributed by atoms with Crippen LogP contribution < -0.4 is 10.6 Å². The lowest BCUT2D eigenvalue weighted by atomic mass is 9.85. The Morgan fingerprint density at radius 3 is 2.54 bits per heavy atom. The van der Waals surface area contributed by atoms with Gasteiger partial charge in [-0.1, -0.05) is 43.6 Å². The van der Waals surface area contributed by atoms with E-state index in [9.17, 15) is 9.90 Å². The summed E-state index contributed by atoms with van der Waals surface area (Å²) >= 11 is 6.03. The normalized spacial score (nSPS) is 12.5. The standard InChI is InChI=1S/C18H22ClN3O2/c1-18(2,13-7-9-20-10-8-13)12-22-17(24)21-11-16(23)14-5-3-4-6-15(14)19/h3-10,16,23H,11-12H2,1-2H3,(H2,21,22,24). The van der Waals surface area contributed by atoms with E-state index in [1.807, 2.05) is 26.0 Å². The topological polar surface area (TPSA) is 74.2 Å². The smallest absolute Gasteiger partial charge is 0.314 e. The lowest BCUT2D eigenvalue weighted by Gasteiger charge is -2.25. The predicted octanol–water partition coefficient (Wildman–Crippen LogP) is 3.05. The number of carbonyl (C=O) groups excluding carboxylic acids is 1. The minimum atomic E-state index is -0.849. The number of hydrogen-bond donors (Lipinski definition) is 3. The molecule has 1 atom stereocenters. The van der Waals surface area contributed by atoms with Crippen LogP contribution >= 0.6 is 11.6 Å². The molecule has 1 unspecified atom stereocenters. The van der Waals surface area contributed by atoms with Crippen molar-refractivity contribution in [3.8, 4) is 0 Å². The van der Waals surface area contributed by atoms with Gasteiger partial charge in [0.15, 0.2) is 0 Å². The van der Waals surface area contributed by atoms with Crippen LogP contribution in [0.15, 0.2) is 48.8 Å². The van der Waals surface area contributed by atoms with Crippen LogP contribution in [-0.2, 0) is 5.41 Å². The van der Waals surface area contributed by atoms with Crippen LogP contribution in [-0.4, -0.2) is 29.2 Å². The van der Waals surface area contributed by atoms with Crippen molar-refractivity contribution in [2.75, 3.05) is 13.1 Å². The van der Waals surface area contributed by atoms with Gasteiger partial charge in [0.1, 0.15) is 0 Å². The Labute approximate surface area is 147 Å². The summed E-state index contributed by atoms with van der Waals surface area (Å²) in [5.41, 5.74) is 1.47. The first-order chi connectivity index (χ1) is 11.4. The number of benzene rings is 1. The number of pyridine rings is 1. The minimum absolute atomic E-state index is 0.0885. The molecule has 1 aromatic heterocycles. The molecule has 3 N–H and O–H groups in total. The van der Waals surface area contributed by atoms with Crippen molar-refractivity contribution in [2.24, 2.45) is 0 Å². The van der Waals surface area contributed by atoms with E-state index in [1.165, 1.54) is 0 Å². The van der Waals surface area contributed by atoms with E-state index in [2.05, 4.69) is 15.6 Å². The SMILES string of the molecule is CC(C)(CNC(=O)NCC(O)c1ccccc1Cl)c1ccncc1. The highest BCUT2D eigenvalue weighted by Gasteiger charge is 2.21. The third-order valence-electron chi connectivity index (χ3n) is 3.87. The van der Waals surface area contributed by atoms with E-state index in [0.717, 1.165) is 5.56 Å². The largest absolute Gasteiger partial charge is 0.387 e. The maximum Gasteiger partial charge on any atom is 0.314 e. The van der Waals surface area contributed by atoms with Crippen LogP contribution in [0.1, 0.15) is 31.1 Å². The number of urea groups is 1. The van der Waals surface area contributed by atoms with E-state index in [0.29, 0.717) is 17.1 Å². The summed E-state index contributed by atoms with van der Waals surface area (Å²) < 4.78 is 0. The predicted molar refractivity (Wildman–Crippen MR) is 95.1 cm³/mol. The zero-order valence-electron chi connectivity index (χ0n) is 13.8. The van der Waals surface area contributed by atoms with E-state index >= 15 is 0 Å². The number of carbonyl (C=O) groups is 1. The van der Waals surface area contributed by atoms with Crippen LogP contribution in [0, 0.1) is 0 Å². The number of nitrogens with one attached hydrogen (secondary N) is 2. The van der Waals surface area contributed by atoms with Crippen molar-refractivity contribution in [1.29, 1.82) is 0 Å². The van der Waals surface area contributed by atoms with E-state index in [-0.39, 0.29) is 18.0 Å². The lowest BCUT2D eigenvalue weighted by Crippen LogP contribution is -2.43. The molecule has 0 aliphatic rings. The number of aromatic nitrogens is 1. The van der Waals surface area contributed by atoms with Crippen molar-refractivity contribution in [3.05, 3.63) is 64.9 Å². The number of aliphatic hydroxyl groups excluding tert-OH is 1. The van der Waals surface area contributed by atoms with E-state index in [1.54, 1.807) is 36.7 Å². The van der Waals surface area contributed by atoms with E-state index < -0.39 is 6.10 Å². The average Bonchev–Trinajstić information content (AvgIpc) is 2.59. The molecule has 24 heavy (non-hydrogen) atoms. The van der Waals surface area contributed by atoms with Crippen molar-refractivity contribution < 1.29 is 9.90 Å². The Morgan fingerprint density at radius 2 is 1.88 bits per heavy atom. The Morgan fingerprint density at radius 1 is 1.21 bits per heavy atom. The molecule has 0 bridgehead atoms. The zero-order chi connectivity index (χ0) is 17.6. The Kier molecular flexibility index (Phi) is 6.17. The molecule has 0 spiro atoms. The average molecular weight is 348 g/mol. The van der Waals surface area contributed by atoms with Gasteiger partial charge in [0.2, 0.25) is 0 Å². The van der Waals surface area contributed by atoms with Gasteiger partial charge in [0, 0.05) is 41.5 Å². The van der Waals surface area contributed by atoms with Crippen LogP contribution in [0.25, 0.3) is 0 Å². The summed E-state index contributed by atoms with van der Waals surface area (Å²) in [5, 5.41) is 16.1. The molecule has 0 fully saturated rings. The number of halogens is 1. The zero-order valence-corrected chi connectivity index (χ0v) is 14.5. The second-order valence-corrected chi connectivity index (χ2v) is 6.63. The van der Waals surface area contributed by atoms with Crippen LogP contribution in [0.3, 0.4) is 0 Å². The molecule has 0 aliphatic carbocycles. The first-order valence-electron chi connectivity index (χ1n) is 7.75. The van der Waals surface area contributed by atoms with Gasteiger partial charge in [0.05, 0.1) is 6.10 Å². The lowest BCUT2D eigenvalue weighted by molar-refractivity contribution is 0.173. The molecule has 0 radical (unpaired) electrons. The number of amides is 2. The summed E-state index contributed by atoms with van der Waals surface area (Å²) in [6.45, 7) is 4.64. The van der Waals surface area contributed by atoms with Crippen molar-refractivity contribution in [1.82, 2.24) is 15.6 Å². The third-order valence-corrected chi connectivity index (χ3v) is 4.22. The monoisotopic (exact) mass is 347 g/mol. The first-order valence-corrected chi connectivity index (χ1v) is 8.12.